The van der Waals surface area contributed by atoms with Gasteiger partial charge in [0.05, 0.1) is 19.1 Å². The summed E-state index contributed by atoms with van der Waals surface area (Å²) in [7, 11) is 0. The molecule has 0 heterocycles. The number of aryl methyl sites for hydroxylation is 1. The Morgan fingerprint density at radius 2 is 1.68 bits per heavy atom. The van der Waals surface area contributed by atoms with Crippen molar-refractivity contribution in [1.82, 2.24) is 0 Å². The van der Waals surface area contributed by atoms with E-state index in [9.17, 15) is 9.90 Å². The summed E-state index contributed by atoms with van der Waals surface area (Å²) in [5.74, 6) is -0.0256. The molecule has 0 aliphatic carbocycles. The Balaban J connectivity index is 2.30. The second-order valence-electron chi connectivity index (χ2n) is 5.83. The SMILES string of the molecule is CCOc1ccc(CC(C(=O)O)c2ccc(CC)cc2)c(OCC)c1. The quantitative estimate of drug-likeness (QED) is 0.731. The summed E-state index contributed by atoms with van der Waals surface area (Å²) in [5, 5.41) is 9.71. The highest BCUT2D eigenvalue weighted by atomic mass is 16.5. The van der Waals surface area contributed by atoms with Crippen molar-refractivity contribution >= 4 is 5.97 Å². The third-order valence-corrected chi connectivity index (χ3v) is 4.16. The average molecular weight is 342 g/mol. The zero-order chi connectivity index (χ0) is 18.2. The van der Waals surface area contributed by atoms with Crippen LogP contribution in [-0.4, -0.2) is 24.3 Å². The minimum absolute atomic E-state index is 0.378. The number of carboxylic acid groups (broad SMARTS) is 1. The van der Waals surface area contributed by atoms with Crippen LogP contribution < -0.4 is 9.47 Å². The molecule has 0 radical (unpaired) electrons. The lowest BCUT2D eigenvalue weighted by Gasteiger charge is -2.17. The minimum atomic E-state index is -0.833. The first-order valence-corrected chi connectivity index (χ1v) is 8.79. The summed E-state index contributed by atoms with van der Waals surface area (Å²) in [5.41, 5.74) is 2.88. The van der Waals surface area contributed by atoms with Gasteiger partial charge in [0.1, 0.15) is 11.5 Å². The lowest BCUT2D eigenvalue weighted by Crippen LogP contribution is -2.15. The molecule has 2 aromatic rings. The van der Waals surface area contributed by atoms with E-state index in [4.69, 9.17) is 9.47 Å². The summed E-state index contributed by atoms with van der Waals surface area (Å²) in [6, 6.07) is 13.4. The Hall–Kier alpha value is -2.49. The summed E-state index contributed by atoms with van der Waals surface area (Å²) < 4.78 is 11.2. The van der Waals surface area contributed by atoms with E-state index in [1.165, 1.54) is 5.56 Å². The van der Waals surface area contributed by atoms with Crippen molar-refractivity contribution in [2.75, 3.05) is 13.2 Å². The summed E-state index contributed by atoms with van der Waals surface area (Å²) >= 11 is 0. The van der Waals surface area contributed by atoms with E-state index in [0.717, 1.165) is 23.3 Å². The fourth-order valence-corrected chi connectivity index (χ4v) is 2.80. The van der Waals surface area contributed by atoms with Crippen molar-refractivity contribution in [2.24, 2.45) is 0 Å². The fraction of sp³-hybridized carbons (Fsp3) is 0.381. The van der Waals surface area contributed by atoms with E-state index < -0.39 is 11.9 Å². The summed E-state index contributed by atoms with van der Waals surface area (Å²) in [6.07, 6.45) is 1.31. The molecular formula is C21H26O4. The predicted octanol–water partition coefficient (Wildman–Crippen LogP) is 4.46. The number of carbonyl (C=O) groups is 1. The number of aliphatic carboxylic acids is 1. The van der Waals surface area contributed by atoms with Gasteiger partial charge in [-0.2, -0.15) is 0 Å². The normalized spacial score (nSPS) is 11.8. The van der Waals surface area contributed by atoms with Crippen molar-refractivity contribution in [1.29, 1.82) is 0 Å². The predicted molar refractivity (Wildman–Crippen MR) is 98.7 cm³/mol. The maximum atomic E-state index is 11.8. The Bertz CT molecular complexity index is 692. The highest BCUT2D eigenvalue weighted by Gasteiger charge is 2.22. The Morgan fingerprint density at radius 3 is 2.24 bits per heavy atom. The molecule has 1 atom stereocenters. The number of ether oxygens (including phenoxy) is 2. The van der Waals surface area contributed by atoms with Gasteiger partial charge >= 0.3 is 5.97 Å². The zero-order valence-corrected chi connectivity index (χ0v) is 15.1. The molecule has 0 aromatic heterocycles. The van der Waals surface area contributed by atoms with Crippen molar-refractivity contribution in [3.05, 3.63) is 59.2 Å². The van der Waals surface area contributed by atoms with Crippen LogP contribution >= 0.6 is 0 Å². The van der Waals surface area contributed by atoms with Crippen molar-refractivity contribution < 1.29 is 19.4 Å². The second kappa shape index (κ2) is 9.11. The molecule has 4 nitrogen and oxygen atoms in total. The van der Waals surface area contributed by atoms with E-state index in [1.807, 2.05) is 56.3 Å². The third kappa shape index (κ3) is 4.99. The highest BCUT2D eigenvalue weighted by molar-refractivity contribution is 5.76. The fourth-order valence-electron chi connectivity index (χ4n) is 2.80. The number of carboxylic acids is 1. The first kappa shape index (κ1) is 18.8. The maximum Gasteiger partial charge on any atom is 0.311 e. The van der Waals surface area contributed by atoms with E-state index in [-0.39, 0.29) is 0 Å². The highest BCUT2D eigenvalue weighted by Crippen LogP contribution is 2.30. The first-order chi connectivity index (χ1) is 12.1. The van der Waals surface area contributed by atoms with Crippen LogP contribution in [-0.2, 0) is 17.6 Å². The number of hydrogen-bond donors (Lipinski definition) is 1. The topological polar surface area (TPSA) is 55.8 Å². The van der Waals surface area contributed by atoms with Gasteiger partial charge in [-0.3, -0.25) is 4.79 Å². The van der Waals surface area contributed by atoms with Crippen molar-refractivity contribution in [2.45, 2.75) is 39.5 Å². The number of hydrogen-bond acceptors (Lipinski definition) is 3. The molecule has 134 valence electrons. The molecule has 0 saturated heterocycles. The Morgan fingerprint density at radius 1 is 1.00 bits per heavy atom. The van der Waals surface area contributed by atoms with Gasteiger partial charge in [-0.05, 0) is 49.4 Å². The van der Waals surface area contributed by atoms with Crippen LogP contribution in [0, 0.1) is 0 Å². The second-order valence-corrected chi connectivity index (χ2v) is 5.83. The van der Waals surface area contributed by atoms with Gasteiger partial charge in [-0.15, -0.1) is 0 Å². The van der Waals surface area contributed by atoms with Gasteiger partial charge in [0.25, 0.3) is 0 Å². The molecule has 0 fully saturated rings. The molecule has 25 heavy (non-hydrogen) atoms. The van der Waals surface area contributed by atoms with Crippen LogP contribution in [0.15, 0.2) is 42.5 Å². The summed E-state index contributed by atoms with van der Waals surface area (Å²) in [4.78, 5) is 11.8. The smallest absolute Gasteiger partial charge is 0.311 e. The van der Waals surface area contributed by atoms with E-state index in [2.05, 4.69) is 6.92 Å². The van der Waals surface area contributed by atoms with Crippen LogP contribution in [0.3, 0.4) is 0 Å². The van der Waals surface area contributed by atoms with Gasteiger partial charge in [-0.25, -0.2) is 0 Å². The Labute approximate surface area is 149 Å². The van der Waals surface area contributed by atoms with Crippen LogP contribution in [0.1, 0.15) is 43.4 Å². The lowest BCUT2D eigenvalue weighted by molar-refractivity contribution is -0.138. The molecular weight excluding hydrogens is 316 g/mol. The van der Waals surface area contributed by atoms with Crippen molar-refractivity contribution in [3.63, 3.8) is 0 Å². The molecule has 2 aromatic carbocycles. The molecule has 0 amide bonds. The van der Waals surface area contributed by atoms with Crippen LogP contribution in [0.2, 0.25) is 0 Å². The molecule has 0 saturated carbocycles. The molecule has 0 aliphatic rings. The largest absolute Gasteiger partial charge is 0.494 e. The van der Waals surface area contributed by atoms with Crippen LogP contribution in [0.5, 0.6) is 11.5 Å². The standard InChI is InChI=1S/C21H26O4/c1-4-15-7-9-16(10-8-15)19(21(22)23)13-17-11-12-18(24-5-2)14-20(17)25-6-3/h7-12,14,19H,4-6,13H2,1-3H3,(H,22,23). The van der Waals surface area contributed by atoms with E-state index >= 15 is 0 Å². The van der Waals surface area contributed by atoms with Crippen molar-refractivity contribution in [3.8, 4) is 11.5 Å². The molecule has 0 spiro atoms. The Kier molecular flexibility index (Phi) is 6.87. The zero-order valence-electron chi connectivity index (χ0n) is 15.1. The maximum absolute atomic E-state index is 11.8. The first-order valence-electron chi connectivity index (χ1n) is 8.79. The van der Waals surface area contributed by atoms with Gasteiger partial charge in [-0.1, -0.05) is 37.3 Å². The van der Waals surface area contributed by atoms with Gasteiger partial charge < -0.3 is 14.6 Å². The van der Waals surface area contributed by atoms with Crippen LogP contribution in [0.4, 0.5) is 0 Å². The number of rotatable bonds is 9. The van der Waals surface area contributed by atoms with Gasteiger partial charge in [0.15, 0.2) is 0 Å². The molecule has 0 bridgehead atoms. The van der Waals surface area contributed by atoms with Crippen LogP contribution in [0.25, 0.3) is 0 Å². The molecule has 0 aliphatic heterocycles. The molecule has 1 unspecified atom stereocenters. The minimum Gasteiger partial charge on any atom is -0.494 e. The van der Waals surface area contributed by atoms with Gasteiger partial charge in [0, 0.05) is 6.07 Å². The lowest BCUT2D eigenvalue weighted by atomic mass is 9.91. The molecule has 2 rings (SSSR count). The van der Waals surface area contributed by atoms with E-state index in [1.54, 1.807) is 0 Å². The third-order valence-electron chi connectivity index (χ3n) is 4.16. The van der Waals surface area contributed by atoms with E-state index in [0.29, 0.717) is 25.4 Å². The number of benzene rings is 2. The summed E-state index contributed by atoms with van der Waals surface area (Å²) in [6.45, 7) is 7.01. The average Bonchev–Trinajstić information content (AvgIpc) is 2.61. The molecule has 4 heteroatoms. The van der Waals surface area contributed by atoms with Gasteiger partial charge in [0.2, 0.25) is 0 Å². The molecule has 1 N–H and O–H groups in total. The monoisotopic (exact) mass is 342 g/mol.